The van der Waals surface area contributed by atoms with Crippen molar-refractivity contribution in [2.45, 2.75) is 32.9 Å². The summed E-state index contributed by atoms with van der Waals surface area (Å²) >= 11 is 0. The Bertz CT molecular complexity index is 592. The van der Waals surface area contributed by atoms with Crippen LogP contribution in [0.15, 0.2) is 28.8 Å². The molecule has 0 aliphatic carbocycles. The summed E-state index contributed by atoms with van der Waals surface area (Å²) in [5.41, 5.74) is 1.34. The molecule has 0 fully saturated rings. The lowest BCUT2D eigenvalue weighted by atomic mass is 10.1. The third kappa shape index (κ3) is 4.39. The number of aromatic nitrogens is 2. The van der Waals surface area contributed by atoms with Gasteiger partial charge >= 0.3 is 5.97 Å². The van der Waals surface area contributed by atoms with Crippen LogP contribution >= 0.6 is 0 Å². The quantitative estimate of drug-likeness (QED) is 0.843. The normalized spacial score (nSPS) is 11.0. The highest BCUT2D eigenvalue weighted by atomic mass is 16.5. The fourth-order valence-corrected chi connectivity index (χ4v) is 2.03. The van der Waals surface area contributed by atoms with Crippen molar-refractivity contribution in [2.75, 3.05) is 7.05 Å². The van der Waals surface area contributed by atoms with Gasteiger partial charge in [0.05, 0.1) is 12.1 Å². The average Bonchev–Trinajstić information content (AvgIpc) is 2.87. The summed E-state index contributed by atoms with van der Waals surface area (Å²) in [4.78, 5) is 17.2. The van der Waals surface area contributed by atoms with Crippen LogP contribution in [0.1, 0.15) is 41.0 Å². The second-order valence-corrected chi connectivity index (χ2v) is 5.03. The van der Waals surface area contributed by atoms with Crippen molar-refractivity contribution >= 4 is 5.97 Å². The van der Waals surface area contributed by atoms with Gasteiger partial charge in [0, 0.05) is 13.0 Å². The van der Waals surface area contributed by atoms with Crippen LogP contribution in [0.2, 0.25) is 0 Å². The Morgan fingerprint density at radius 1 is 1.29 bits per heavy atom. The molecule has 0 radical (unpaired) electrons. The van der Waals surface area contributed by atoms with Gasteiger partial charge in [-0.05, 0) is 31.2 Å². The fourth-order valence-electron chi connectivity index (χ4n) is 2.03. The van der Waals surface area contributed by atoms with Crippen LogP contribution in [-0.4, -0.2) is 33.2 Å². The van der Waals surface area contributed by atoms with E-state index in [1.165, 1.54) is 0 Å². The minimum absolute atomic E-state index is 0.295. The number of rotatable bonds is 7. The van der Waals surface area contributed by atoms with Crippen LogP contribution in [0.5, 0.6) is 0 Å². The zero-order valence-electron chi connectivity index (χ0n) is 12.2. The number of hydrogen-bond acceptors (Lipinski definition) is 5. The highest BCUT2D eigenvalue weighted by molar-refractivity contribution is 5.87. The number of carbonyl (C=O) groups is 1. The fraction of sp³-hybridized carbons (Fsp3) is 0.400. The monoisotopic (exact) mass is 289 g/mol. The lowest BCUT2D eigenvalue weighted by Crippen LogP contribution is -2.18. The highest BCUT2D eigenvalue weighted by Gasteiger charge is 2.09. The summed E-state index contributed by atoms with van der Waals surface area (Å²) < 4.78 is 5.15. The summed E-state index contributed by atoms with van der Waals surface area (Å²) in [5, 5.41) is 12.8. The average molecular weight is 289 g/mol. The Morgan fingerprint density at radius 3 is 2.62 bits per heavy atom. The Labute approximate surface area is 123 Å². The van der Waals surface area contributed by atoms with E-state index in [0.717, 1.165) is 18.4 Å². The summed E-state index contributed by atoms with van der Waals surface area (Å²) in [6.07, 6.45) is 1.78. The van der Waals surface area contributed by atoms with E-state index in [0.29, 0.717) is 30.4 Å². The van der Waals surface area contributed by atoms with Crippen molar-refractivity contribution in [3.8, 4) is 0 Å². The van der Waals surface area contributed by atoms with Gasteiger partial charge in [0.25, 0.3) is 0 Å². The molecule has 1 heterocycles. The number of aryl methyl sites for hydroxylation is 1. The summed E-state index contributed by atoms with van der Waals surface area (Å²) in [6.45, 7) is 3.35. The molecule has 0 aliphatic rings. The van der Waals surface area contributed by atoms with E-state index in [1.807, 2.05) is 19.2 Å². The van der Waals surface area contributed by atoms with E-state index in [-0.39, 0.29) is 0 Å². The van der Waals surface area contributed by atoms with Gasteiger partial charge in [0.2, 0.25) is 5.89 Å². The first-order valence-electron chi connectivity index (χ1n) is 6.90. The Morgan fingerprint density at radius 2 is 2.00 bits per heavy atom. The molecule has 6 heteroatoms. The Kier molecular flexibility index (Phi) is 5.05. The molecule has 1 aromatic heterocycles. The zero-order valence-corrected chi connectivity index (χ0v) is 12.2. The molecule has 0 aliphatic heterocycles. The van der Waals surface area contributed by atoms with E-state index < -0.39 is 5.97 Å². The second-order valence-electron chi connectivity index (χ2n) is 5.03. The number of aromatic carboxylic acids is 1. The van der Waals surface area contributed by atoms with Crippen molar-refractivity contribution < 1.29 is 14.4 Å². The number of carboxylic acids is 1. The van der Waals surface area contributed by atoms with Crippen molar-refractivity contribution in [1.82, 2.24) is 15.0 Å². The molecule has 112 valence electrons. The molecular weight excluding hydrogens is 270 g/mol. The molecule has 2 rings (SSSR count). The van der Waals surface area contributed by atoms with E-state index in [4.69, 9.17) is 9.63 Å². The largest absolute Gasteiger partial charge is 0.478 e. The molecule has 6 nitrogen and oxygen atoms in total. The lowest BCUT2D eigenvalue weighted by molar-refractivity contribution is 0.0697. The van der Waals surface area contributed by atoms with Crippen LogP contribution in [0.4, 0.5) is 0 Å². The second kappa shape index (κ2) is 6.99. The van der Waals surface area contributed by atoms with Crippen LogP contribution in [0, 0.1) is 0 Å². The van der Waals surface area contributed by atoms with E-state index in [2.05, 4.69) is 22.0 Å². The topological polar surface area (TPSA) is 79.5 Å². The molecule has 21 heavy (non-hydrogen) atoms. The zero-order chi connectivity index (χ0) is 15.2. The third-order valence-electron chi connectivity index (χ3n) is 3.04. The van der Waals surface area contributed by atoms with Crippen molar-refractivity contribution in [3.63, 3.8) is 0 Å². The predicted octanol–water partition coefficient (Wildman–Crippen LogP) is 2.35. The number of carboxylic acid groups (broad SMARTS) is 1. The number of hydrogen-bond donors (Lipinski definition) is 1. The molecule has 0 saturated carbocycles. The van der Waals surface area contributed by atoms with E-state index >= 15 is 0 Å². The Hall–Kier alpha value is -2.21. The SMILES string of the molecule is CCCc1nc(CN(C)Cc2ccc(C(=O)O)cc2)no1. The van der Waals surface area contributed by atoms with E-state index in [9.17, 15) is 4.79 Å². The van der Waals surface area contributed by atoms with Crippen LogP contribution in [-0.2, 0) is 19.5 Å². The molecule has 0 unspecified atom stereocenters. The maximum Gasteiger partial charge on any atom is 0.335 e. The van der Waals surface area contributed by atoms with Crippen LogP contribution in [0.25, 0.3) is 0 Å². The van der Waals surface area contributed by atoms with E-state index in [1.54, 1.807) is 12.1 Å². The summed E-state index contributed by atoms with van der Waals surface area (Å²) in [5.74, 6) is 0.431. The number of benzene rings is 1. The molecule has 1 aromatic carbocycles. The summed E-state index contributed by atoms with van der Waals surface area (Å²) in [6, 6.07) is 6.86. The lowest BCUT2D eigenvalue weighted by Gasteiger charge is -2.14. The molecule has 0 atom stereocenters. The van der Waals surface area contributed by atoms with Crippen molar-refractivity contribution in [2.24, 2.45) is 0 Å². The first-order valence-corrected chi connectivity index (χ1v) is 6.90. The van der Waals surface area contributed by atoms with Gasteiger partial charge in [0.1, 0.15) is 0 Å². The van der Waals surface area contributed by atoms with Crippen molar-refractivity contribution in [3.05, 3.63) is 47.1 Å². The molecule has 0 saturated heterocycles. The molecular formula is C15H19N3O3. The van der Waals surface area contributed by atoms with Crippen molar-refractivity contribution in [1.29, 1.82) is 0 Å². The van der Waals surface area contributed by atoms with Gasteiger partial charge in [-0.1, -0.05) is 24.2 Å². The summed E-state index contributed by atoms with van der Waals surface area (Å²) in [7, 11) is 1.96. The first-order chi connectivity index (χ1) is 10.1. The standard InChI is InChI=1S/C15H19N3O3/c1-3-4-14-16-13(17-21-14)10-18(2)9-11-5-7-12(8-6-11)15(19)20/h5-8H,3-4,9-10H2,1-2H3,(H,19,20). The van der Waals surface area contributed by atoms with Crippen LogP contribution in [0.3, 0.4) is 0 Å². The van der Waals surface area contributed by atoms with Gasteiger partial charge < -0.3 is 9.63 Å². The minimum Gasteiger partial charge on any atom is -0.478 e. The Balaban J connectivity index is 1.91. The molecule has 0 bridgehead atoms. The van der Waals surface area contributed by atoms with Gasteiger partial charge in [-0.15, -0.1) is 0 Å². The smallest absolute Gasteiger partial charge is 0.335 e. The molecule has 2 aromatic rings. The van der Waals surface area contributed by atoms with Gasteiger partial charge in [-0.2, -0.15) is 4.98 Å². The van der Waals surface area contributed by atoms with Gasteiger partial charge in [-0.25, -0.2) is 4.79 Å². The van der Waals surface area contributed by atoms with Gasteiger partial charge in [0.15, 0.2) is 5.82 Å². The molecule has 1 N–H and O–H groups in total. The van der Waals surface area contributed by atoms with Gasteiger partial charge in [-0.3, -0.25) is 4.90 Å². The third-order valence-corrected chi connectivity index (χ3v) is 3.04. The molecule has 0 amide bonds. The number of nitrogens with zero attached hydrogens (tertiary/aromatic N) is 3. The maximum atomic E-state index is 10.8. The predicted molar refractivity (Wildman–Crippen MR) is 76.9 cm³/mol. The molecule has 0 spiro atoms. The maximum absolute atomic E-state index is 10.8. The first kappa shape index (κ1) is 15.2. The highest BCUT2D eigenvalue weighted by Crippen LogP contribution is 2.09. The van der Waals surface area contributed by atoms with Crippen LogP contribution < -0.4 is 0 Å². The minimum atomic E-state index is -0.912.